The van der Waals surface area contributed by atoms with Crippen LogP contribution in [-0.4, -0.2) is 354 Å². The summed E-state index contributed by atoms with van der Waals surface area (Å²) in [6.45, 7) is -7.01. The van der Waals surface area contributed by atoms with Crippen molar-refractivity contribution in [3.63, 3.8) is 0 Å². The van der Waals surface area contributed by atoms with Crippen molar-refractivity contribution in [1.82, 2.24) is 57.2 Å². The maximum absolute atomic E-state index is 14.8. The highest BCUT2D eigenvalue weighted by molar-refractivity contribution is 7.80. The number of hydrogen-bond acceptors (Lipinski definition) is 36. The van der Waals surface area contributed by atoms with Gasteiger partial charge in [-0.2, -0.15) is 30.8 Å². The molecule has 0 radical (unpaired) electrons. The number of thiol groups is 1. The molecule has 0 saturated carbocycles. The molecule has 2 heterocycles. The molecule has 0 saturated heterocycles. The smallest absolute Gasteiger partial charge is 0.471 e. The molecule has 0 bridgehead atoms. The molecule has 1 aromatic carbocycles. The van der Waals surface area contributed by atoms with Crippen molar-refractivity contribution in [3.05, 3.63) is 52.1 Å². The lowest BCUT2D eigenvalue weighted by Crippen LogP contribution is -2.50. The summed E-state index contributed by atoms with van der Waals surface area (Å²) in [7, 11) is 0. The monoisotopic (exact) mass is 1770 g/mol. The summed E-state index contributed by atoms with van der Waals surface area (Å²) in [5.41, 5.74) is 2.41. The van der Waals surface area contributed by atoms with Crippen LogP contribution in [0, 0.1) is 17.8 Å². The second-order valence-corrected chi connectivity index (χ2v) is 28.4. The number of Topliss-reactive ketones (excluding diaryl/α,β-unsaturated/α-hetero) is 3. The molecular formula is C70H100F3N13O35S. The number of rotatable bonds is 58. The lowest BCUT2D eigenvalue weighted by atomic mass is 9.89. The summed E-state index contributed by atoms with van der Waals surface area (Å²) in [5.74, 6) is -28.2. The largest absolute Gasteiger partial charge is 0.481 e. The van der Waals surface area contributed by atoms with E-state index in [-0.39, 0.29) is 22.2 Å². The van der Waals surface area contributed by atoms with Gasteiger partial charge in [0.05, 0.1) is 68.7 Å². The Morgan fingerprint density at radius 1 is 0.475 bits per heavy atom. The Kier molecular flexibility index (Phi) is 44.5. The van der Waals surface area contributed by atoms with Gasteiger partial charge in [0.2, 0.25) is 41.4 Å². The van der Waals surface area contributed by atoms with Crippen LogP contribution in [0.3, 0.4) is 0 Å². The number of aliphatic carboxylic acids is 4. The minimum Gasteiger partial charge on any atom is -0.481 e. The number of nitrogen functional groups attached to an aromatic ring is 1. The van der Waals surface area contributed by atoms with E-state index in [9.17, 15) is 182 Å². The van der Waals surface area contributed by atoms with E-state index < -0.39 is 380 Å². The number of nitrogens with one attached hydrogen (secondary N) is 8. The van der Waals surface area contributed by atoms with Crippen LogP contribution >= 0.6 is 12.6 Å². The van der Waals surface area contributed by atoms with Crippen LogP contribution in [0.5, 0.6) is 0 Å². The van der Waals surface area contributed by atoms with E-state index in [1.807, 2.05) is 0 Å². The van der Waals surface area contributed by atoms with E-state index in [1.54, 1.807) is 0 Å². The Balaban J connectivity index is 2.10. The number of alkyl halides is 3. The van der Waals surface area contributed by atoms with Crippen LogP contribution in [0.1, 0.15) is 112 Å². The zero-order valence-electron chi connectivity index (χ0n) is 64.6. The van der Waals surface area contributed by atoms with Crippen molar-refractivity contribution in [2.45, 2.75) is 206 Å². The highest BCUT2D eigenvalue weighted by atomic mass is 32.1. The Hall–Kier alpha value is -10.6. The van der Waals surface area contributed by atoms with Crippen molar-refractivity contribution >= 4 is 124 Å². The van der Waals surface area contributed by atoms with E-state index in [0.717, 1.165) is 30.5 Å². The molecule has 8 amide bonds. The van der Waals surface area contributed by atoms with E-state index in [4.69, 9.17) is 10.8 Å². The maximum Gasteiger partial charge on any atom is 0.471 e. The average molecular weight is 1770 g/mol. The van der Waals surface area contributed by atoms with Gasteiger partial charge in [0, 0.05) is 112 Å². The first kappa shape index (κ1) is 106. The molecule has 3 rings (SSSR count). The number of amides is 8. The van der Waals surface area contributed by atoms with Crippen molar-refractivity contribution < 1.29 is 182 Å². The van der Waals surface area contributed by atoms with Crippen LogP contribution in [0.2, 0.25) is 0 Å². The number of carbonyl (C=O) groups is 15. The van der Waals surface area contributed by atoms with E-state index in [1.165, 1.54) is 0 Å². The molecule has 48 nitrogen and oxygen atoms in total. The summed E-state index contributed by atoms with van der Waals surface area (Å²) in [4.78, 5) is 228. The summed E-state index contributed by atoms with van der Waals surface area (Å²) in [5, 5.41) is 204. The number of aliphatic hydroxyl groups is 15. The maximum atomic E-state index is 14.8. The minimum absolute atomic E-state index is 0.145. The highest BCUT2D eigenvalue weighted by Gasteiger charge is 2.44. The second-order valence-electron chi connectivity index (χ2n) is 28.0. The molecule has 3 aromatic rings. The average Bonchev–Trinajstić information content (AvgIpc) is 0.794. The van der Waals surface area contributed by atoms with Crippen molar-refractivity contribution in [3.8, 4) is 0 Å². The molecule has 19 atom stereocenters. The molecular weight excluding hydrogens is 1670 g/mol. The third-order valence-electron chi connectivity index (χ3n) is 18.7. The van der Waals surface area contributed by atoms with Crippen LogP contribution in [0.25, 0.3) is 11.2 Å². The first-order valence-electron chi connectivity index (χ1n) is 37.2. The zero-order chi connectivity index (χ0) is 92.3. The van der Waals surface area contributed by atoms with E-state index >= 15 is 0 Å². The normalized spacial score (nSPS) is 16.3. The molecule has 122 heavy (non-hydrogen) atoms. The van der Waals surface area contributed by atoms with Gasteiger partial charge in [-0.1, -0.05) is 0 Å². The van der Waals surface area contributed by atoms with Crippen LogP contribution < -0.4 is 53.4 Å². The predicted molar refractivity (Wildman–Crippen MR) is 405 cm³/mol. The van der Waals surface area contributed by atoms with Gasteiger partial charge in [0.15, 0.2) is 22.7 Å². The number of hydrogen-bond donors (Lipinski definition) is 29. The zero-order valence-corrected chi connectivity index (χ0v) is 65.5. The number of carbonyl (C=O) groups excluding carboxylic acids is 11. The Bertz CT molecular complexity index is 4140. The number of H-pyrrole nitrogens is 1. The fourth-order valence-electron chi connectivity index (χ4n) is 11.5. The standard InChI is InChI=1S/C70H100F3N13O35S/c71-70(72,73)68(121)86(24-33-20-78-60-53(79-33)65(116)85-69(74)84-60)34-6-1-29(2-7-34)61(112)82-38(66(117)118)9-8-35(90)17-30(3-12-48(99)75-21-42(93)54(106)57(109)45(96)25-87)62(113)80-36(10-15-51(102)103)40(91)18-31(4-13-49(100)76-22-43(94)55(107)58(110)46(97)26-88)63(114)81-37(11-16-52(104)105)41(92)19-32(64(115)83-39(28-122)67(119)120)5-14-50(101)77-23-44(95)56(108)59(111)47(98)27-89/h1-2,6-7,20,30-32,36-39,42-47,54-59,87-89,93-98,106-111,122H,3-5,8-19,21-28H2,(H,75,99)(H,76,100)(H,77,101)(H,80,113)(H,81,114)(H,82,112)(H,83,115)(H,102,103)(H,104,105)(H,117,118)(H,119,120)(H3,74,78,84,85,116)/t30-,31-,32-,36-,37-,38+,39-,42+,43+,44+,45-,46-,47-,54-,55-,56-,57-,58-,59-/m1/s1. The molecule has 0 fully saturated rings. The number of halogens is 3. The van der Waals surface area contributed by atoms with Crippen molar-refractivity contribution in [2.75, 3.05) is 55.8 Å². The third kappa shape index (κ3) is 35.1. The van der Waals surface area contributed by atoms with Crippen molar-refractivity contribution in [2.24, 2.45) is 17.8 Å². The van der Waals surface area contributed by atoms with Gasteiger partial charge in [0.1, 0.15) is 72.8 Å². The quantitative estimate of drug-likeness (QED) is 0.0233. The number of carboxylic acids is 4. The first-order chi connectivity index (χ1) is 57.1. The minimum atomic E-state index is -5.54. The van der Waals surface area contributed by atoms with Gasteiger partial charge in [-0.25, -0.2) is 19.6 Å². The first-order valence-corrected chi connectivity index (χ1v) is 37.8. The number of fused-ring (bicyclic) bond motifs is 1. The van der Waals surface area contributed by atoms with Crippen LogP contribution in [0.4, 0.5) is 24.8 Å². The number of aromatic nitrogens is 4. The van der Waals surface area contributed by atoms with E-state index in [0.29, 0.717) is 0 Å². The van der Waals surface area contributed by atoms with Gasteiger partial charge in [-0.3, -0.25) is 77.0 Å². The highest BCUT2D eigenvalue weighted by Crippen LogP contribution is 2.28. The Labute approximate surface area is 692 Å². The SMILES string of the molecule is Nc1nc2ncc(CN(C(=O)C(F)(F)F)c3ccc(C(=O)N[C@@H](CCC(=O)C[C@@H](CCC(=O)NC[C@H](O)[C@@H](O)[C@H](O)[C@H](O)CO)C(=O)N[C@H](CCC(=O)O)C(=O)C[C@@H](CCC(=O)NC[C@H](O)[C@@H](O)[C@H](O)[C@H](O)CO)C(=O)N[C@H](CCC(=O)O)C(=O)C[C@@H](CCC(=O)NC[C@H](O)[C@@H](O)[C@H](O)[C@H](O)CO)C(=O)N[C@H](CS)C(=O)O)C(=O)O)cc3)nc2c(=O)[nH]1. The molecule has 0 unspecified atom stereocenters. The van der Waals surface area contributed by atoms with Crippen molar-refractivity contribution in [1.29, 1.82) is 0 Å². The Morgan fingerprint density at radius 3 is 1.20 bits per heavy atom. The topological polar surface area (TPSA) is 825 Å². The van der Waals surface area contributed by atoms with Gasteiger partial charge in [-0.05, 0) is 62.8 Å². The fraction of sp³-hybridized carbons (Fsp3) is 0.614. The Morgan fingerprint density at radius 2 is 0.844 bits per heavy atom. The number of aliphatic hydroxyl groups excluding tert-OH is 15. The number of anilines is 2. The van der Waals surface area contributed by atoms with E-state index in [2.05, 4.69) is 69.8 Å². The lowest BCUT2D eigenvalue weighted by Gasteiger charge is -2.26. The molecule has 29 N–H and O–H groups in total. The van der Waals surface area contributed by atoms with Crippen LogP contribution in [0.15, 0.2) is 35.3 Å². The molecule has 682 valence electrons. The third-order valence-corrected chi connectivity index (χ3v) is 19.1. The number of ketones is 3. The number of aromatic amines is 1. The van der Waals surface area contributed by atoms with Gasteiger partial charge < -0.3 is 140 Å². The van der Waals surface area contributed by atoms with Gasteiger partial charge in [-0.15, -0.1) is 0 Å². The molecule has 0 aliphatic heterocycles. The summed E-state index contributed by atoms with van der Waals surface area (Å²) in [6.07, 6.45) is -43.9. The van der Waals surface area contributed by atoms with Gasteiger partial charge >= 0.3 is 36.0 Å². The number of nitrogens with zero attached hydrogens (tertiary/aromatic N) is 4. The fourth-order valence-corrected chi connectivity index (χ4v) is 11.7. The summed E-state index contributed by atoms with van der Waals surface area (Å²) in [6, 6.07) is -4.60. The number of benzene rings is 1. The molecule has 2 aromatic heterocycles. The molecule has 0 aliphatic carbocycles. The predicted octanol–water partition coefficient (Wildman–Crippen LogP) is -10.7. The van der Waals surface area contributed by atoms with Gasteiger partial charge in [0.25, 0.3) is 11.5 Å². The number of nitrogens with two attached hydrogens (primary N) is 1. The second kappa shape index (κ2) is 51.4. The molecule has 52 heteroatoms. The summed E-state index contributed by atoms with van der Waals surface area (Å²) < 4.78 is 42.0. The molecule has 0 spiro atoms. The molecule has 0 aliphatic rings. The number of carboxylic acid groups (broad SMARTS) is 4. The summed E-state index contributed by atoms with van der Waals surface area (Å²) >= 11 is 3.88. The lowest BCUT2D eigenvalue weighted by molar-refractivity contribution is -0.170. The van der Waals surface area contributed by atoms with Crippen LogP contribution in [-0.2, 0) is 73.7 Å².